The van der Waals surface area contributed by atoms with Gasteiger partial charge in [-0.05, 0) is 12.0 Å². The molecule has 6 nitrogen and oxygen atoms in total. The van der Waals surface area contributed by atoms with Crippen molar-refractivity contribution in [3.05, 3.63) is 35.9 Å². The van der Waals surface area contributed by atoms with Crippen molar-refractivity contribution in [1.82, 2.24) is 9.03 Å². The van der Waals surface area contributed by atoms with E-state index in [0.29, 0.717) is 18.5 Å². The molecule has 7 heteroatoms. The van der Waals surface area contributed by atoms with Crippen LogP contribution >= 0.6 is 0 Å². The first-order valence-corrected chi connectivity index (χ1v) is 7.34. The molecule has 19 heavy (non-hydrogen) atoms. The number of carbonyl (C=O) groups is 1. The fourth-order valence-corrected chi connectivity index (χ4v) is 2.72. The van der Waals surface area contributed by atoms with Crippen molar-refractivity contribution in [1.29, 1.82) is 0 Å². The summed E-state index contributed by atoms with van der Waals surface area (Å²) in [6.45, 7) is 2.17. The normalized spacial score (nSPS) is 13.4. The Morgan fingerprint density at radius 1 is 1.37 bits per heavy atom. The number of carboxylic acid groups (broad SMARTS) is 1. The van der Waals surface area contributed by atoms with Gasteiger partial charge in [0.2, 0.25) is 0 Å². The second-order valence-electron chi connectivity index (χ2n) is 4.13. The third-order valence-electron chi connectivity index (χ3n) is 2.60. The van der Waals surface area contributed by atoms with Gasteiger partial charge in [0.05, 0.1) is 0 Å². The Labute approximate surface area is 113 Å². The van der Waals surface area contributed by atoms with E-state index in [1.807, 2.05) is 6.92 Å². The molecule has 0 saturated carbocycles. The van der Waals surface area contributed by atoms with Gasteiger partial charge >= 0.3 is 5.97 Å². The van der Waals surface area contributed by atoms with Gasteiger partial charge in [-0.2, -0.15) is 17.4 Å². The van der Waals surface area contributed by atoms with E-state index in [1.54, 1.807) is 30.3 Å². The van der Waals surface area contributed by atoms with Gasteiger partial charge in [-0.25, -0.2) is 0 Å². The number of aliphatic carboxylic acids is 1. The van der Waals surface area contributed by atoms with E-state index < -0.39 is 22.2 Å². The highest BCUT2D eigenvalue weighted by Gasteiger charge is 2.27. The molecule has 1 aromatic carbocycles. The van der Waals surface area contributed by atoms with Crippen molar-refractivity contribution in [2.24, 2.45) is 0 Å². The van der Waals surface area contributed by atoms with Crippen molar-refractivity contribution in [2.45, 2.75) is 19.4 Å². The lowest BCUT2D eigenvalue weighted by Crippen LogP contribution is -2.42. The fourth-order valence-electron chi connectivity index (χ4n) is 1.58. The summed E-state index contributed by atoms with van der Waals surface area (Å²) >= 11 is 0. The Morgan fingerprint density at radius 3 is 2.42 bits per heavy atom. The van der Waals surface area contributed by atoms with Gasteiger partial charge in [-0.1, -0.05) is 37.3 Å². The predicted molar refractivity (Wildman–Crippen MR) is 71.8 cm³/mol. The maximum atomic E-state index is 12.0. The van der Waals surface area contributed by atoms with Crippen molar-refractivity contribution >= 4 is 16.2 Å². The minimum Gasteiger partial charge on any atom is -0.480 e. The molecule has 0 saturated heterocycles. The van der Waals surface area contributed by atoms with Crippen molar-refractivity contribution in [2.75, 3.05) is 13.6 Å². The molecule has 1 rings (SSSR count). The molecule has 0 fully saturated rings. The summed E-state index contributed by atoms with van der Waals surface area (Å²) in [7, 11) is -2.40. The molecule has 0 unspecified atom stereocenters. The zero-order valence-corrected chi connectivity index (χ0v) is 11.7. The van der Waals surface area contributed by atoms with Crippen LogP contribution in [0.25, 0.3) is 0 Å². The number of hydrogen-bond acceptors (Lipinski definition) is 3. The molecule has 0 amide bonds. The Morgan fingerprint density at radius 2 is 1.95 bits per heavy atom. The molecule has 0 aliphatic carbocycles. The smallest absolute Gasteiger partial charge is 0.326 e. The van der Waals surface area contributed by atoms with Crippen LogP contribution in [0.5, 0.6) is 0 Å². The Bertz CT molecular complexity index is 516. The summed E-state index contributed by atoms with van der Waals surface area (Å²) in [5.74, 6) is -1.24. The van der Waals surface area contributed by atoms with Gasteiger partial charge in [0.25, 0.3) is 10.2 Å². The van der Waals surface area contributed by atoms with Crippen LogP contribution < -0.4 is 4.72 Å². The number of nitrogens with zero attached hydrogens (tertiary/aromatic N) is 1. The van der Waals surface area contributed by atoms with E-state index in [2.05, 4.69) is 4.72 Å². The van der Waals surface area contributed by atoms with Crippen LogP contribution in [0.1, 0.15) is 24.9 Å². The summed E-state index contributed by atoms with van der Waals surface area (Å²) in [5.41, 5.74) is 0.392. The number of carboxylic acids is 1. The van der Waals surface area contributed by atoms with Crippen molar-refractivity contribution in [3.63, 3.8) is 0 Å². The third-order valence-corrected chi connectivity index (χ3v) is 4.13. The van der Waals surface area contributed by atoms with E-state index >= 15 is 0 Å². The highest BCUT2D eigenvalue weighted by molar-refractivity contribution is 7.87. The standard InChI is InChI=1S/C12H18N2O4S/c1-3-9-14(2)19(17,18)13-11(12(15)16)10-7-5-4-6-8-10/h4-8,11,13H,3,9H2,1-2H3,(H,15,16)/t11-/m1/s1. The lowest BCUT2D eigenvalue weighted by Gasteiger charge is -2.20. The van der Waals surface area contributed by atoms with Gasteiger partial charge in [-0.15, -0.1) is 0 Å². The summed E-state index contributed by atoms with van der Waals surface area (Å²) in [6.07, 6.45) is 0.653. The average Bonchev–Trinajstić information content (AvgIpc) is 2.37. The molecule has 1 aromatic rings. The number of benzene rings is 1. The zero-order valence-electron chi connectivity index (χ0n) is 10.9. The predicted octanol–water partition coefficient (Wildman–Crippen LogP) is 0.989. The highest BCUT2D eigenvalue weighted by atomic mass is 32.2. The highest BCUT2D eigenvalue weighted by Crippen LogP contribution is 2.14. The van der Waals surface area contributed by atoms with Gasteiger partial charge in [0.1, 0.15) is 6.04 Å². The molecule has 0 aliphatic heterocycles. The van der Waals surface area contributed by atoms with Crippen LogP contribution in [0.15, 0.2) is 30.3 Å². The first-order valence-electron chi connectivity index (χ1n) is 5.90. The number of hydrogen-bond donors (Lipinski definition) is 2. The van der Waals surface area contributed by atoms with Crippen molar-refractivity contribution < 1.29 is 18.3 Å². The fraction of sp³-hybridized carbons (Fsp3) is 0.417. The van der Waals surface area contributed by atoms with Crippen LogP contribution in [-0.4, -0.2) is 37.4 Å². The maximum absolute atomic E-state index is 12.0. The number of nitrogens with one attached hydrogen (secondary N) is 1. The molecule has 0 radical (unpaired) electrons. The van der Waals surface area contributed by atoms with Gasteiger partial charge < -0.3 is 5.11 Å². The molecular formula is C12H18N2O4S. The minimum atomic E-state index is -3.81. The largest absolute Gasteiger partial charge is 0.480 e. The average molecular weight is 286 g/mol. The van der Waals surface area contributed by atoms with Gasteiger partial charge in [-0.3, -0.25) is 4.79 Å². The van der Waals surface area contributed by atoms with Crippen LogP contribution in [0, 0.1) is 0 Å². The van der Waals surface area contributed by atoms with Gasteiger partial charge in [0, 0.05) is 13.6 Å². The molecule has 0 heterocycles. The monoisotopic (exact) mass is 286 g/mol. The SMILES string of the molecule is CCCN(C)S(=O)(=O)N[C@@H](C(=O)O)c1ccccc1. The lowest BCUT2D eigenvalue weighted by atomic mass is 10.1. The first kappa shape index (κ1) is 15.6. The lowest BCUT2D eigenvalue weighted by molar-refractivity contribution is -0.139. The molecule has 0 aromatic heterocycles. The second kappa shape index (κ2) is 6.65. The van der Waals surface area contributed by atoms with Crippen molar-refractivity contribution in [3.8, 4) is 0 Å². The Kier molecular flexibility index (Phi) is 5.46. The first-order chi connectivity index (χ1) is 8.88. The van der Waals surface area contributed by atoms with Crippen LogP contribution in [0.4, 0.5) is 0 Å². The van der Waals surface area contributed by atoms with E-state index in [4.69, 9.17) is 5.11 Å². The molecule has 0 aliphatic rings. The van der Waals surface area contributed by atoms with Gasteiger partial charge in [0.15, 0.2) is 0 Å². The molecule has 2 N–H and O–H groups in total. The Hall–Kier alpha value is -1.44. The van der Waals surface area contributed by atoms with E-state index in [0.717, 1.165) is 4.31 Å². The molecule has 0 bridgehead atoms. The van der Waals surface area contributed by atoms with Crippen LogP contribution in [-0.2, 0) is 15.0 Å². The van der Waals surface area contributed by atoms with E-state index in [-0.39, 0.29) is 0 Å². The minimum absolute atomic E-state index is 0.330. The number of rotatable bonds is 7. The summed E-state index contributed by atoms with van der Waals surface area (Å²) in [6, 6.07) is 6.91. The summed E-state index contributed by atoms with van der Waals surface area (Å²) in [4.78, 5) is 11.2. The molecule has 1 atom stereocenters. The van der Waals surface area contributed by atoms with Crippen LogP contribution in [0.2, 0.25) is 0 Å². The maximum Gasteiger partial charge on any atom is 0.326 e. The Balaban J connectivity index is 2.95. The quantitative estimate of drug-likeness (QED) is 0.782. The third kappa shape index (κ3) is 4.30. The molecular weight excluding hydrogens is 268 g/mol. The zero-order chi connectivity index (χ0) is 14.5. The van der Waals surface area contributed by atoms with E-state index in [9.17, 15) is 13.2 Å². The topological polar surface area (TPSA) is 86.7 Å². The molecule has 106 valence electrons. The second-order valence-corrected chi connectivity index (χ2v) is 5.94. The summed E-state index contributed by atoms with van der Waals surface area (Å²) < 4.78 is 27.2. The van der Waals surface area contributed by atoms with Crippen LogP contribution in [0.3, 0.4) is 0 Å². The van der Waals surface area contributed by atoms with E-state index in [1.165, 1.54) is 7.05 Å². The molecule has 0 spiro atoms. The summed E-state index contributed by atoms with van der Waals surface area (Å²) in [5, 5.41) is 9.16.